The fourth-order valence-electron chi connectivity index (χ4n) is 0. The standard InChI is InChI=1S/CHNS.2H3N.H2S/c2-1-3;;;/h3H;2*1H3;1H2. The Balaban J connectivity index is -0.00000000667. The van der Waals surface area contributed by atoms with E-state index >= 15 is 0 Å². The number of thiol groups is 1. The molecule has 0 rings (SSSR count). The molecule has 0 aromatic carbocycles. The maximum atomic E-state index is 7.18. The topological polar surface area (TPSA) is 93.8 Å². The van der Waals surface area contributed by atoms with Crippen molar-refractivity contribution in [3.05, 3.63) is 0 Å². The first kappa shape index (κ1) is 35.8. The van der Waals surface area contributed by atoms with E-state index in [9.17, 15) is 0 Å². The van der Waals surface area contributed by atoms with Gasteiger partial charge in [0.25, 0.3) is 0 Å². The van der Waals surface area contributed by atoms with E-state index < -0.39 is 0 Å². The third kappa shape index (κ3) is 3290. The van der Waals surface area contributed by atoms with Gasteiger partial charge in [0.05, 0.1) is 0 Å². The summed E-state index contributed by atoms with van der Waals surface area (Å²) in [5.41, 5.74) is 0. The maximum Gasteiger partial charge on any atom is 0.130 e. The van der Waals surface area contributed by atoms with Gasteiger partial charge in [-0.2, -0.15) is 18.8 Å². The molecule has 5 heteroatoms. The third-order valence-corrected chi connectivity index (χ3v) is 0. The first-order valence-electron chi connectivity index (χ1n) is 0.447. The molecule has 0 heterocycles. The predicted octanol–water partition coefficient (Wildman–Crippen LogP) is 0.834. The van der Waals surface area contributed by atoms with Gasteiger partial charge in [0, 0.05) is 0 Å². The fraction of sp³-hybridized carbons (Fsp3) is 0. The molecule has 0 fully saturated rings. The van der Waals surface area contributed by atoms with E-state index in [1.807, 2.05) is 0 Å². The average molecular weight is 127 g/mol. The predicted molar refractivity (Wildman–Crippen MR) is 35.0 cm³/mol. The summed E-state index contributed by atoms with van der Waals surface area (Å²) in [6.45, 7) is 0. The molecule has 0 spiro atoms. The Hall–Kier alpha value is 0.110. The van der Waals surface area contributed by atoms with Crippen LogP contribution in [0.1, 0.15) is 0 Å². The molecule has 40 valence electrons. The van der Waals surface area contributed by atoms with Gasteiger partial charge in [-0.25, -0.2) is 0 Å². The summed E-state index contributed by atoms with van der Waals surface area (Å²) in [5, 5.41) is 8.63. The summed E-state index contributed by atoms with van der Waals surface area (Å²) in [6, 6.07) is 0. The van der Waals surface area contributed by atoms with Gasteiger partial charge in [-0.15, -0.1) is 0 Å². The van der Waals surface area contributed by atoms with Crippen molar-refractivity contribution in [2.45, 2.75) is 0 Å². The molecule has 0 amide bonds. The van der Waals surface area contributed by atoms with E-state index in [1.54, 1.807) is 0 Å². The van der Waals surface area contributed by atoms with Crippen molar-refractivity contribution in [3.8, 4) is 5.40 Å². The summed E-state index contributed by atoms with van der Waals surface area (Å²) in [4.78, 5) is 0. The van der Waals surface area contributed by atoms with E-state index in [1.165, 1.54) is 5.40 Å². The van der Waals surface area contributed by atoms with Crippen LogP contribution in [0.15, 0.2) is 0 Å². The van der Waals surface area contributed by atoms with Gasteiger partial charge >= 0.3 is 0 Å². The first-order valence-corrected chi connectivity index (χ1v) is 0.894. The van der Waals surface area contributed by atoms with Crippen LogP contribution >= 0.6 is 26.1 Å². The van der Waals surface area contributed by atoms with Crippen molar-refractivity contribution in [1.29, 1.82) is 5.26 Å². The zero-order valence-corrected chi connectivity index (χ0v) is 5.20. The van der Waals surface area contributed by atoms with Crippen molar-refractivity contribution in [2.75, 3.05) is 0 Å². The van der Waals surface area contributed by atoms with Gasteiger partial charge in [-0.1, -0.05) is 12.6 Å². The van der Waals surface area contributed by atoms with Crippen LogP contribution < -0.4 is 12.3 Å². The van der Waals surface area contributed by atoms with Gasteiger partial charge in [0.1, 0.15) is 5.40 Å². The van der Waals surface area contributed by atoms with Crippen molar-refractivity contribution < 1.29 is 0 Å². The van der Waals surface area contributed by atoms with Crippen molar-refractivity contribution in [2.24, 2.45) is 0 Å². The number of hydrogen-bond acceptors (Lipinski definition) is 4. The molecular formula is CH9N3S2. The van der Waals surface area contributed by atoms with Crippen LogP contribution in [0.5, 0.6) is 0 Å². The Morgan fingerprint density at radius 1 is 1.33 bits per heavy atom. The minimum Gasteiger partial charge on any atom is -0.344 e. The Labute approximate surface area is 49.8 Å². The van der Waals surface area contributed by atoms with Gasteiger partial charge in [-0.05, 0) is 0 Å². The van der Waals surface area contributed by atoms with Crippen molar-refractivity contribution >= 4 is 26.1 Å². The minimum absolute atomic E-state index is 0. The minimum atomic E-state index is 0. The number of nitriles is 1. The number of thiocyanates is 1. The summed E-state index contributed by atoms with van der Waals surface area (Å²) < 4.78 is 0. The zero-order chi connectivity index (χ0) is 2.71. The second kappa shape index (κ2) is 70.1. The summed E-state index contributed by atoms with van der Waals surface area (Å²) in [7, 11) is 0. The van der Waals surface area contributed by atoms with Gasteiger partial charge in [0.15, 0.2) is 0 Å². The molecule has 0 radical (unpaired) electrons. The lowest BCUT2D eigenvalue weighted by atomic mass is 11.8. The van der Waals surface area contributed by atoms with Crippen LogP contribution in [-0.4, -0.2) is 0 Å². The van der Waals surface area contributed by atoms with E-state index in [2.05, 4.69) is 12.6 Å². The van der Waals surface area contributed by atoms with Crippen LogP contribution in [0, 0.1) is 10.7 Å². The second-order valence-electron chi connectivity index (χ2n) is 0.100. The molecule has 0 bridgehead atoms. The molecule has 0 aliphatic heterocycles. The van der Waals surface area contributed by atoms with Gasteiger partial charge in [0.2, 0.25) is 0 Å². The molecule has 0 saturated heterocycles. The number of rotatable bonds is 0. The Morgan fingerprint density at radius 2 is 1.33 bits per heavy atom. The van der Waals surface area contributed by atoms with E-state index in [0.29, 0.717) is 0 Å². The summed E-state index contributed by atoms with van der Waals surface area (Å²) in [5.74, 6) is 0. The maximum absolute atomic E-state index is 7.18. The first-order chi connectivity index (χ1) is 1.41. The largest absolute Gasteiger partial charge is 0.344 e. The molecule has 0 atom stereocenters. The quantitative estimate of drug-likeness (QED) is 0.332. The molecule has 6 heavy (non-hydrogen) atoms. The summed E-state index contributed by atoms with van der Waals surface area (Å²) in [6.07, 6.45) is 0. The van der Waals surface area contributed by atoms with Crippen LogP contribution in [0.4, 0.5) is 0 Å². The van der Waals surface area contributed by atoms with E-state index in [4.69, 9.17) is 5.26 Å². The van der Waals surface area contributed by atoms with Crippen molar-refractivity contribution in [3.63, 3.8) is 0 Å². The van der Waals surface area contributed by atoms with E-state index in [0.717, 1.165) is 0 Å². The van der Waals surface area contributed by atoms with Crippen LogP contribution in [0.2, 0.25) is 0 Å². The zero-order valence-electron chi connectivity index (χ0n) is 3.31. The van der Waals surface area contributed by atoms with Crippen molar-refractivity contribution in [1.82, 2.24) is 12.3 Å². The van der Waals surface area contributed by atoms with Crippen LogP contribution in [-0.2, 0) is 0 Å². The highest BCUT2D eigenvalue weighted by molar-refractivity contribution is 7.85. The average Bonchev–Trinajstić information content (AvgIpc) is 0.918. The molecule has 0 aliphatic rings. The SMILES string of the molecule is N.N.N#CS.S. The van der Waals surface area contributed by atoms with Crippen LogP contribution in [0.3, 0.4) is 0 Å². The highest BCUT2D eigenvalue weighted by Gasteiger charge is 1.18. The summed E-state index contributed by atoms with van der Waals surface area (Å²) >= 11 is 3.09. The molecule has 6 N–H and O–H groups in total. The lowest BCUT2D eigenvalue weighted by Gasteiger charge is -1.14. The normalized spacial score (nSPS) is 1.33. The monoisotopic (exact) mass is 127 g/mol. The van der Waals surface area contributed by atoms with Gasteiger partial charge in [-0.3, -0.25) is 0 Å². The Kier molecular flexibility index (Phi) is 418. The lowest BCUT2D eigenvalue weighted by molar-refractivity contribution is 1.57. The lowest BCUT2D eigenvalue weighted by Crippen LogP contribution is -0.961. The highest BCUT2D eigenvalue weighted by Crippen LogP contribution is 1.46. The third-order valence-electron chi connectivity index (χ3n) is 0. The molecule has 3 nitrogen and oxygen atoms in total. The number of hydrogen-bond donors (Lipinski definition) is 3. The molecule has 0 unspecified atom stereocenters. The highest BCUT2D eigenvalue weighted by atomic mass is 32.1. The fourth-order valence-corrected chi connectivity index (χ4v) is 0. The molecule has 0 saturated carbocycles. The second-order valence-corrected chi connectivity index (χ2v) is 0.300. The molecule has 0 aromatic rings. The molecule has 0 aliphatic carbocycles. The molecular weight excluding hydrogens is 118 g/mol. The Bertz CT molecular complexity index is 30.3. The van der Waals surface area contributed by atoms with Gasteiger partial charge < -0.3 is 12.3 Å². The van der Waals surface area contributed by atoms with E-state index in [-0.39, 0.29) is 25.8 Å². The molecule has 0 aromatic heterocycles. The smallest absolute Gasteiger partial charge is 0.130 e. The number of nitrogens with zero attached hydrogens (tertiary/aromatic N) is 1. The Morgan fingerprint density at radius 3 is 1.33 bits per heavy atom. The van der Waals surface area contributed by atoms with Crippen LogP contribution in [0.25, 0.3) is 0 Å².